The summed E-state index contributed by atoms with van der Waals surface area (Å²) >= 11 is 0. The topological polar surface area (TPSA) is 105 Å². The van der Waals surface area contributed by atoms with Crippen LogP contribution in [0.4, 0.5) is 0 Å². The molecule has 0 spiro atoms. The third-order valence-corrected chi connectivity index (χ3v) is 14.5. The Morgan fingerprint density at radius 1 is 0.467 bits per heavy atom. The maximum Gasteiger partial charge on any atom is 0.472 e. The summed E-state index contributed by atoms with van der Waals surface area (Å²) in [6.07, 6.45) is 81.0. The summed E-state index contributed by atoms with van der Waals surface area (Å²) in [5.74, 6) is -0.196. The van der Waals surface area contributed by atoms with Crippen molar-refractivity contribution in [1.82, 2.24) is 5.32 Å². The van der Waals surface area contributed by atoms with Crippen molar-refractivity contribution in [2.75, 3.05) is 40.9 Å². The van der Waals surface area contributed by atoms with Crippen molar-refractivity contribution in [3.63, 3.8) is 0 Å². The summed E-state index contributed by atoms with van der Waals surface area (Å²) in [5.41, 5.74) is 0. The second-order valence-corrected chi connectivity index (χ2v) is 23.5. The Bertz CT molecular complexity index is 1540. The molecule has 0 bridgehead atoms. The number of quaternary nitrogens is 1. The van der Waals surface area contributed by atoms with Gasteiger partial charge in [-0.15, -0.1) is 0 Å². The molecule has 3 unspecified atom stereocenters. The van der Waals surface area contributed by atoms with Crippen LogP contribution >= 0.6 is 7.82 Å². The molecule has 9 heteroatoms. The summed E-state index contributed by atoms with van der Waals surface area (Å²) in [5, 5.41) is 13.9. The van der Waals surface area contributed by atoms with Crippen molar-refractivity contribution in [1.29, 1.82) is 0 Å². The van der Waals surface area contributed by atoms with E-state index in [0.29, 0.717) is 17.4 Å². The van der Waals surface area contributed by atoms with Gasteiger partial charge in [-0.1, -0.05) is 265 Å². The van der Waals surface area contributed by atoms with Crippen LogP contribution in [0.1, 0.15) is 264 Å². The van der Waals surface area contributed by atoms with E-state index in [2.05, 4.69) is 104 Å². The number of nitrogens with one attached hydrogen (secondary N) is 1. The van der Waals surface area contributed by atoms with E-state index >= 15 is 0 Å². The lowest BCUT2D eigenvalue weighted by molar-refractivity contribution is -0.870. The Balaban J connectivity index is 4.26. The Morgan fingerprint density at radius 3 is 1.23 bits per heavy atom. The van der Waals surface area contributed by atoms with Gasteiger partial charge in [-0.05, 0) is 89.9 Å². The molecule has 1 amide bonds. The fraction of sp³-hybridized carbons (Fsp3) is 0.742. The number of aliphatic hydroxyl groups excluding tert-OH is 1. The molecule has 0 heterocycles. The highest BCUT2D eigenvalue weighted by Gasteiger charge is 2.27. The van der Waals surface area contributed by atoms with Crippen molar-refractivity contribution < 1.29 is 32.9 Å². The SMILES string of the molecule is CC/C=C\C/C=C\C/C=C\C/C=C\C/C=C\CCCCCCCCCCCCCC(=O)NC(COP(=O)(O)OCC[N+](C)(C)C)C(O)/C=C/CC/C=C/CC/C=C/CCCCCCCCCCCCCCCCCC. The standard InChI is InChI=1S/C66H119N2O6P/c1-6-8-10-12-14-16-18-20-22-24-26-28-30-32-34-36-38-40-42-44-46-48-50-52-54-56-58-60-66(70)67-64(63-74-75(71,72)73-62-61-68(3,4)5)65(69)59-57-55-53-51-49-47-45-43-41-39-37-35-33-31-29-27-25-23-21-19-17-15-13-11-9-7-2/h8,10,14,16,20,22,26,28,32,34,41,43,49,51,57,59,64-65,69H,6-7,9,11-13,15,17-19,21,23-25,27,29-31,33,35-40,42,44-48,50,52-56,58,60-63H2,1-5H3,(H-,67,70,71,72)/p+1/b10-8-,16-14-,22-20-,28-26-,34-32-,43-41+,51-49+,59-57+. The van der Waals surface area contributed by atoms with Crippen LogP contribution in [0, 0.1) is 0 Å². The van der Waals surface area contributed by atoms with Crippen molar-refractivity contribution in [2.45, 2.75) is 276 Å². The van der Waals surface area contributed by atoms with Gasteiger partial charge in [-0.2, -0.15) is 0 Å². The van der Waals surface area contributed by atoms with Gasteiger partial charge in [0.05, 0.1) is 39.9 Å². The van der Waals surface area contributed by atoms with Crippen molar-refractivity contribution in [3.8, 4) is 0 Å². The third kappa shape index (κ3) is 58.9. The number of carbonyl (C=O) groups excluding carboxylic acids is 1. The third-order valence-electron chi connectivity index (χ3n) is 13.5. The first-order chi connectivity index (χ1) is 36.5. The maximum atomic E-state index is 13.0. The molecule has 0 rings (SSSR count). The van der Waals surface area contributed by atoms with Crippen LogP contribution < -0.4 is 5.32 Å². The molecule has 3 N–H and O–H groups in total. The van der Waals surface area contributed by atoms with Crippen LogP contribution in [0.5, 0.6) is 0 Å². The molecular weight excluding hydrogens is 948 g/mol. The molecule has 0 aromatic heterocycles. The fourth-order valence-electron chi connectivity index (χ4n) is 8.69. The number of carbonyl (C=O) groups is 1. The minimum Gasteiger partial charge on any atom is -0.387 e. The molecule has 75 heavy (non-hydrogen) atoms. The van der Waals surface area contributed by atoms with Gasteiger partial charge < -0.3 is 19.8 Å². The zero-order valence-corrected chi connectivity index (χ0v) is 50.4. The molecule has 434 valence electrons. The largest absolute Gasteiger partial charge is 0.472 e. The van der Waals surface area contributed by atoms with Crippen molar-refractivity contribution >= 4 is 13.7 Å². The van der Waals surface area contributed by atoms with Gasteiger partial charge >= 0.3 is 7.82 Å². The number of unbranched alkanes of at least 4 members (excludes halogenated alkanes) is 29. The van der Waals surface area contributed by atoms with Gasteiger partial charge in [0.1, 0.15) is 13.2 Å². The van der Waals surface area contributed by atoms with Gasteiger partial charge in [-0.25, -0.2) is 4.57 Å². The van der Waals surface area contributed by atoms with Crippen LogP contribution in [-0.4, -0.2) is 73.4 Å². The Morgan fingerprint density at radius 2 is 0.813 bits per heavy atom. The number of phosphoric acid groups is 1. The molecule has 0 saturated carbocycles. The van der Waals surface area contributed by atoms with Crippen LogP contribution in [0.15, 0.2) is 97.2 Å². The number of phosphoric ester groups is 1. The smallest absolute Gasteiger partial charge is 0.387 e. The molecule has 0 aliphatic heterocycles. The molecule has 0 fully saturated rings. The average molecular weight is 1070 g/mol. The molecule has 0 aliphatic carbocycles. The molecule has 0 radical (unpaired) electrons. The zero-order chi connectivity index (χ0) is 54.9. The van der Waals surface area contributed by atoms with Crippen LogP contribution in [-0.2, 0) is 18.4 Å². The first-order valence-electron chi connectivity index (χ1n) is 31.1. The lowest BCUT2D eigenvalue weighted by Crippen LogP contribution is -2.45. The number of hydrogen-bond donors (Lipinski definition) is 3. The second kappa shape index (κ2) is 56.2. The predicted octanol–water partition coefficient (Wildman–Crippen LogP) is 19.4. The minimum atomic E-state index is -4.37. The highest BCUT2D eigenvalue weighted by molar-refractivity contribution is 7.47. The highest BCUT2D eigenvalue weighted by atomic mass is 31.2. The molecule has 8 nitrogen and oxygen atoms in total. The van der Waals surface area contributed by atoms with Gasteiger partial charge in [0.2, 0.25) is 5.91 Å². The molecular formula is C66H120N2O6P+. The van der Waals surface area contributed by atoms with Crippen LogP contribution in [0.2, 0.25) is 0 Å². The maximum absolute atomic E-state index is 13.0. The lowest BCUT2D eigenvalue weighted by Gasteiger charge is -2.25. The molecule has 3 atom stereocenters. The molecule has 0 aromatic rings. The summed E-state index contributed by atoms with van der Waals surface area (Å²) in [7, 11) is 1.54. The Kier molecular flexibility index (Phi) is 54.2. The number of nitrogens with zero attached hydrogens (tertiary/aromatic N) is 1. The van der Waals surface area contributed by atoms with E-state index in [-0.39, 0.29) is 19.1 Å². The van der Waals surface area contributed by atoms with Gasteiger partial charge in [0.15, 0.2) is 0 Å². The summed E-state index contributed by atoms with van der Waals surface area (Å²) < 4.78 is 23.7. The monoisotopic (exact) mass is 1070 g/mol. The molecule has 0 aliphatic rings. The van der Waals surface area contributed by atoms with E-state index in [4.69, 9.17) is 9.05 Å². The average Bonchev–Trinajstić information content (AvgIpc) is 3.37. The first kappa shape index (κ1) is 72.4. The fourth-order valence-corrected chi connectivity index (χ4v) is 9.43. The predicted molar refractivity (Wildman–Crippen MR) is 327 cm³/mol. The van der Waals surface area contributed by atoms with E-state index < -0.39 is 20.0 Å². The summed E-state index contributed by atoms with van der Waals surface area (Å²) in [6.45, 7) is 4.69. The van der Waals surface area contributed by atoms with E-state index in [9.17, 15) is 19.4 Å². The minimum absolute atomic E-state index is 0.0487. The summed E-state index contributed by atoms with van der Waals surface area (Å²) in [4.78, 5) is 23.3. The number of aliphatic hydroxyl groups is 1. The van der Waals surface area contributed by atoms with Crippen LogP contribution in [0.25, 0.3) is 0 Å². The van der Waals surface area contributed by atoms with E-state index in [1.807, 2.05) is 27.2 Å². The number of amides is 1. The van der Waals surface area contributed by atoms with Crippen molar-refractivity contribution in [3.05, 3.63) is 97.2 Å². The van der Waals surface area contributed by atoms with Crippen molar-refractivity contribution in [2.24, 2.45) is 0 Å². The molecule has 0 aromatic carbocycles. The number of allylic oxidation sites excluding steroid dienone is 15. The number of hydrogen-bond acceptors (Lipinski definition) is 5. The highest BCUT2D eigenvalue weighted by Crippen LogP contribution is 2.43. The van der Waals surface area contributed by atoms with Gasteiger partial charge in [0.25, 0.3) is 0 Å². The Labute approximate surface area is 464 Å². The second-order valence-electron chi connectivity index (χ2n) is 22.0. The Hall–Kier alpha value is -2.58. The van der Waals surface area contributed by atoms with E-state index in [1.54, 1.807) is 6.08 Å². The first-order valence-corrected chi connectivity index (χ1v) is 32.6. The van der Waals surface area contributed by atoms with Crippen LogP contribution in [0.3, 0.4) is 0 Å². The lowest BCUT2D eigenvalue weighted by atomic mass is 10.0. The summed E-state index contributed by atoms with van der Waals surface area (Å²) in [6, 6.07) is -0.879. The van der Waals surface area contributed by atoms with E-state index in [1.165, 1.54) is 167 Å². The number of rotatable bonds is 56. The number of likely N-dealkylation sites (N-methyl/N-ethyl adjacent to an activating group) is 1. The zero-order valence-electron chi connectivity index (χ0n) is 49.5. The van der Waals surface area contributed by atoms with E-state index in [0.717, 1.165) is 77.0 Å². The van der Waals surface area contributed by atoms with Gasteiger partial charge in [0, 0.05) is 6.42 Å². The normalized spacial score (nSPS) is 14.5. The molecule has 0 saturated heterocycles. The quantitative estimate of drug-likeness (QED) is 0.0243. The van der Waals surface area contributed by atoms with Gasteiger partial charge in [-0.3, -0.25) is 13.8 Å².